The molecular weight excluding hydrogens is 282 g/mol. The maximum absolute atomic E-state index is 11.4. The van der Waals surface area contributed by atoms with Crippen LogP contribution in [0.25, 0.3) is 0 Å². The number of aliphatic hydroxyl groups is 1. The van der Waals surface area contributed by atoms with Gasteiger partial charge in [-0.3, -0.25) is 9.69 Å². The Bertz CT molecular complexity index is 511. The molecule has 1 aromatic heterocycles. The van der Waals surface area contributed by atoms with Crippen molar-refractivity contribution in [3.63, 3.8) is 0 Å². The molecule has 2 rings (SSSR count). The Hall–Kier alpha value is -1.66. The Morgan fingerprint density at radius 3 is 2.64 bits per heavy atom. The molecule has 1 atom stereocenters. The predicted octanol–water partition coefficient (Wildman–Crippen LogP) is 0.942. The van der Waals surface area contributed by atoms with E-state index in [1.165, 1.54) is 6.92 Å². The van der Waals surface area contributed by atoms with Crippen LogP contribution < -0.4 is 9.64 Å². The number of β-amino-alcohol motifs (C(OH)–C–C–N with tert-alkyl or cyclic N) is 1. The van der Waals surface area contributed by atoms with Crippen LogP contribution in [0.4, 0.5) is 5.82 Å². The molecule has 1 saturated heterocycles. The summed E-state index contributed by atoms with van der Waals surface area (Å²) in [5.74, 6) is 1.35. The first-order valence-electron chi connectivity index (χ1n) is 7.73. The molecule has 1 aromatic rings. The first kappa shape index (κ1) is 16.7. The van der Waals surface area contributed by atoms with E-state index in [0.717, 1.165) is 32.0 Å². The van der Waals surface area contributed by atoms with Gasteiger partial charge in [-0.2, -0.15) is 4.98 Å². The van der Waals surface area contributed by atoms with Gasteiger partial charge in [0.15, 0.2) is 5.78 Å². The fraction of sp³-hybridized carbons (Fsp3) is 0.625. The Morgan fingerprint density at radius 1 is 1.36 bits per heavy atom. The Balaban J connectivity index is 1.92. The topological polar surface area (TPSA) is 65.9 Å². The SMILES string of the molecule is CCOc1cccc(N2CCN(CC(C)(O)C(C)=O)CC2)n1. The van der Waals surface area contributed by atoms with Gasteiger partial charge >= 0.3 is 0 Å². The molecule has 0 radical (unpaired) electrons. The highest BCUT2D eigenvalue weighted by Crippen LogP contribution is 2.18. The molecule has 22 heavy (non-hydrogen) atoms. The summed E-state index contributed by atoms with van der Waals surface area (Å²) in [6.07, 6.45) is 0. The zero-order valence-electron chi connectivity index (χ0n) is 13.6. The summed E-state index contributed by atoms with van der Waals surface area (Å²) >= 11 is 0. The second-order valence-corrected chi connectivity index (χ2v) is 5.86. The average Bonchev–Trinajstić information content (AvgIpc) is 2.48. The molecule has 1 aliphatic rings. The summed E-state index contributed by atoms with van der Waals surface area (Å²) in [6.45, 7) is 9.15. The Kier molecular flexibility index (Phi) is 5.37. The van der Waals surface area contributed by atoms with Gasteiger partial charge in [-0.05, 0) is 26.8 Å². The molecule has 2 heterocycles. The van der Waals surface area contributed by atoms with Gasteiger partial charge < -0.3 is 14.7 Å². The highest BCUT2D eigenvalue weighted by Gasteiger charge is 2.30. The number of Topliss-reactive ketones (excluding diaryl/α,β-unsaturated/α-hetero) is 1. The number of piperazine rings is 1. The number of pyridine rings is 1. The van der Waals surface area contributed by atoms with Crippen molar-refractivity contribution >= 4 is 11.6 Å². The third-order valence-corrected chi connectivity index (χ3v) is 3.99. The van der Waals surface area contributed by atoms with E-state index in [4.69, 9.17) is 4.74 Å². The molecule has 0 amide bonds. The van der Waals surface area contributed by atoms with Crippen molar-refractivity contribution in [2.75, 3.05) is 44.2 Å². The number of carbonyl (C=O) groups excluding carboxylic acids is 1. The van der Waals surface area contributed by atoms with Gasteiger partial charge in [-0.25, -0.2) is 0 Å². The third kappa shape index (κ3) is 4.18. The van der Waals surface area contributed by atoms with E-state index in [1.54, 1.807) is 6.92 Å². The highest BCUT2D eigenvalue weighted by molar-refractivity contribution is 5.84. The summed E-state index contributed by atoms with van der Waals surface area (Å²) in [7, 11) is 0. The van der Waals surface area contributed by atoms with Crippen LogP contribution >= 0.6 is 0 Å². The maximum Gasteiger partial charge on any atom is 0.215 e. The van der Waals surface area contributed by atoms with Crippen molar-refractivity contribution in [1.82, 2.24) is 9.88 Å². The van der Waals surface area contributed by atoms with Gasteiger partial charge in [-0.15, -0.1) is 0 Å². The van der Waals surface area contributed by atoms with Crippen LogP contribution in [-0.2, 0) is 4.79 Å². The number of carbonyl (C=O) groups is 1. The molecule has 0 aromatic carbocycles. The molecule has 0 bridgehead atoms. The fourth-order valence-electron chi connectivity index (χ4n) is 2.49. The lowest BCUT2D eigenvalue weighted by molar-refractivity contribution is -0.135. The largest absolute Gasteiger partial charge is 0.478 e. The lowest BCUT2D eigenvalue weighted by Gasteiger charge is -2.38. The zero-order chi connectivity index (χ0) is 16.2. The van der Waals surface area contributed by atoms with Gasteiger partial charge in [0.1, 0.15) is 11.4 Å². The minimum atomic E-state index is -1.27. The molecule has 122 valence electrons. The standard InChI is InChI=1S/C16H25N3O3/c1-4-22-15-7-5-6-14(17-15)19-10-8-18(9-11-19)12-16(3,21)13(2)20/h5-7,21H,4,8-12H2,1-3H3. The second-order valence-electron chi connectivity index (χ2n) is 5.86. The number of hydrogen-bond acceptors (Lipinski definition) is 6. The Morgan fingerprint density at radius 2 is 2.05 bits per heavy atom. The molecule has 1 unspecified atom stereocenters. The van der Waals surface area contributed by atoms with Crippen molar-refractivity contribution in [3.05, 3.63) is 18.2 Å². The molecule has 0 spiro atoms. The van der Waals surface area contributed by atoms with E-state index in [9.17, 15) is 9.90 Å². The van der Waals surface area contributed by atoms with Crippen molar-refractivity contribution in [2.24, 2.45) is 0 Å². The van der Waals surface area contributed by atoms with E-state index in [1.807, 2.05) is 25.1 Å². The van der Waals surface area contributed by atoms with E-state index in [0.29, 0.717) is 19.0 Å². The molecule has 0 saturated carbocycles. The van der Waals surface area contributed by atoms with Crippen molar-refractivity contribution < 1.29 is 14.6 Å². The van der Waals surface area contributed by atoms with Crippen LogP contribution in [0.1, 0.15) is 20.8 Å². The minimum Gasteiger partial charge on any atom is -0.478 e. The number of ether oxygens (including phenoxy) is 1. The third-order valence-electron chi connectivity index (χ3n) is 3.99. The number of ketones is 1. The maximum atomic E-state index is 11.4. The molecule has 1 aliphatic heterocycles. The second kappa shape index (κ2) is 7.07. The first-order valence-corrected chi connectivity index (χ1v) is 7.73. The van der Waals surface area contributed by atoms with Gasteiger partial charge in [0.25, 0.3) is 0 Å². The smallest absolute Gasteiger partial charge is 0.215 e. The number of aromatic nitrogens is 1. The quantitative estimate of drug-likeness (QED) is 0.844. The van der Waals surface area contributed by atoms with Crippen LogP contribution in [0.3, 0.4) is 0 Å². The number of rotatable bonds is 6. The van der Waals surface area contributed by atoms with E-state index in [-0.39, 0.29) is 5.78 Å². The van der Waals surface area contributed by atoms with E-state index in [2.05, 4.69) is 14.8 Å². The summed E-state index contributed by atoms with van der Waals surface area (Å²) < 4.78 is 5.43. The van der Waals surface area contributed by atoms with Crippen LogP contribution in [0.2, 0.25) is 0 Å². The molecular formula is C16H25N3O3. The molecule has 1 fully saturated rings. The molecule has 6 nitrogen and oxygen atoms in total. The van der Waals surface area contributed by atoms with Crippen molar-refractivity contribution in [3.8, 4) is 5.88 Å². The van der Waals surface area contributed by atoms with Crippen molar-refractivity contribution in [2.45, 2.75) is 26.4 Å². The zero-order valence-corrected chi connectivity index (χ0v) is 13.6. The van der Waals surface area contributed by atoms with Crippen LogP contribution in [-0.4, -0.2) is 65.7 Å². The average molecular weight is 307 g/mol. The summed E-state index contributed by atoms with van der Waals surface area (Å²) in [5, 5.41) is 10.1. The lowest BCUT2D eigenvalue weighted by atomic mass is 10.0. The van der Waals surface area contributed by atoms with Gasteiger partial charge in [0.2, 0.25) is 5.88 Å². The summed E-state index contributed by atoms with van der Waals surface area (Å²) in [5.41, 5.74) is -1.27. The van der Waals surface area contributed by atoms with Gasteiger partial charge in [0, 0.05) is 38.8 Å². The predicted molar refractivity (Wildman–Crippen MR) is 85.4 cm³/mol. The fourth-order valence-corrected chi connectivity index (χ4v) is 2.49. The normalized spacial score (nSPS) is 18.8. The Labute approximate surface area is 131 Å². The number of anilines is 1. The number of hydrogen-bond donors (Lipinski definition) is 1. The summed E-state index contributed by atoms with van der Waals surface area (Å²) in [6, 6.07) is 5.78. The van der Waals surface area contributed by atoms with Gasteiger partial charge in [-0.1, -0.05) is 6.07 Å². The van der Waals surface area contributed by atoms with Crippen LogP contribution in [0.5, 0.6) is 5.88 Å². The lowest BCUT2D eigenvalue weighted by Crippen LogP contribution is -2.53. The molecule has 0 aliphatic carbocycles. The van der Waals surface area contributed by atoms with Crippen LogP contribution in [0.15, 0.2) is 18.2 Å². The monoisotopic (exact) mass is 307 g/mol. The van der Waals surface area contributed by atoms with E-state index >= 15 is 0 Å². The molecule has 1 N–H and O–H groups in total. The van der Waals surface area contributed by atoms with Gasteiger partial charge in [0.05, 0.1) is 6.61 Å². The summed E-state index contributed by atoms with van der Waals surface area (Å²) in [4.78, 5) is 20.2. The number of nitrogens with zero attached hydrogens (tertiary/aromatic N) is 3. The molecule has 6 heteroatoms. The minimum absolute atomic E-state index is 0.194. The van der Waals surface area contributed by atoms with E-state index < -0.39 is 5.60 Å². The van der Waals surface area contributed by atoms with Crippen molar-refractivity contribution in [1.29, 1.82) is 0 Å². The first-order chi connectivity index (χ1) is 10.4. The van der Waals surface area contributed by atoms with Crippen LogP contribution in [0, 0.1) is 0 Å². The highest BCUT2D eigenvalue weighted by atomic mass is 16.5.